The van der Waals surface area contributed by atoms with E-state index in [-0.39, 0.29) is 0 Å². The molecule has 4 nitrogen and oxygen atoms in total. The van der Waals surface area contributed by atoms with Gasteiger partial charge in [0.25, 0.3) is 0 Å². The molecule has 0 saturated heterocycles. The van der Waals surface area contributed by atoms with E-state index in [9.17, 15) is 0 Å². The molecule has 0 radical (unpaired) electrons. The molecule has 1 rings (SSSR count). The highest BCUT2D eigenvalue weighted by molar-refractivity contribution is 5.16. The number of aryl methyl sites for hydroxylation is 1. The van der Waals surface area contributed by atoms with Crippen molar-refractivity contribution in [3.05, 3.63) is 11.6 Å². The van der Waals surface area contributed by atoms with Gasteiger partial charge in [-0.3, -0.25) is 4.68 Å². The van der Waals surface area contributed by atoms with Crippen molar-refractivity contribution in [2.45, 2.75) is 39.0 Å². The monoisotopic (exact) mass is 192 g/mol. The number of rotatable bonds is 2. The predicted octanol–water partition coefficient (Wildman–Crippen LogP) is 1.74. The van der Waals surface area contributed by atoms with Crippen molar-refractivity contribution >= 4 is 0 Å². The van der Waals surface area contributed by atoms with Crippen LogP contribution in [0.25, 0.3) is 0 Å². The first-order valence-corrected chi connectivity index (χ1v) is 4.71. The Morgan fingerprint density at radius 2 is 2.00 bits per heavy atom. The average Bonchev–Trinajstić information content (AvgIpc) is 2.48. The van der Waals surface area contributed by atoms with Crippen LogP contribution in [0.4, 0.5) is 0 Å². The summed E-state index contributed by atoms with van der Waals surface area (Å²) in [6.45, 7) is 7.78. The van der Waals surface area contributed by atoms with Gasteiger partial charge in [0.2, 0.25) is 0 Å². The maximum Gasteiger partial charge on any atom is 0.170 e. The number of nitriles is 1. The van der Waals surface area contributed by atoms with Gasteiger partial charge in [0, 0.05) is 13.0 Å². The molecule has 0 spiro atoms. The van der Waals surface area contributed by atoms with E-state index in [0.717, 1.165) is 5.82 Å². The van der Waals surface area contributed by atoms with E-state index in [0.29, 0.717) is 11.7 Å². The quantitative estimate of drug-likeness (QED) is 0.717. The molecule has 0 saturated carbocycles. The maximum atomic E-state index is 8.95. The molecular weight excluding hydrogens is 176 g/mol. The summed E-state index contributed by atoms with van der Waals surface area (Å²) in [7, 11) is 1.86. The Morgan fingerprint density at radius 1 is 1.43 bits per heavy atom. The zero-order chi connectivity index (χ0) is 10.9. The van der Waals surface area contributed by atoms with Crippen molar-refractivity contribution in [3.63, 3.8) is 0 Å². The van der Waals surface area contributed by atoms with Crippen LogP contribution in [0.2, 0.25) is 0 Å². The van der Waals surface area contributed by atoms with Crippen molar-refractivity contribution in [2.75, 3.05) is 0 Å². The van der Waals surface area contributed by atoms with Crippen LogP contribution in [0, 0.1) is 11.3 Å². The lowest BCUT2D eigenvalue weighted by atomic mass is 9.95. The van der Waals surface area contributed by atoms with Gasteiger partial charge in [-0.05, 0) is 13.8 Å². The van der Waals surface area contributed by atoms with Crippen molar-refractivity contribution in [2.24, 2.45) is 7.05 Å². The van der Waals surface area contributed by atoms with Gasteiger partial charge in [-0.15, -0.1) is 0 Å². The lowest BCUT2D eigenvalue weighted by Crippen LogP contribution is -2.16. The zero-order valence-electron chi connectivity index (χ0n) is 9.37. The van der Waals surface area contributed by atoms with Gasteiger partial charge in [-0.2, -0.15) is 10.4 Å². The first-order chi connectivity index (χ1) is 6.38. The second-order valence-electron chi connectivity index (χ2n) is 4.31. The Morgan fingerprint density at radius 3 is 2.36 bits per heavy atom. The Balaban J connectivity index is 3.16. The van der Waals surface area contributed by atoms with Crippen LogP contribution in [-0.2, 0) is 12.5 Å². The molecule has 4 heteroatoms. The predicted molar refractivity (Wildman–Crippen MR) is 53.7 cm³/mol. The van der Waals surface area contributed by atoms with E-state index in [1.807, 2.05) is 20.9 Å². The average molecular weight is 192 g/mol. The Kier molecular flexibility index (Phi) is 2.61. The topological polar surface area (TPSA) is 54.5 Å². The fourth-order valence-corrected chi connectivity index (χ4v) is 1.21. The summed E-state index contributed by atoms with van der Waals surface area (Å²) in [5.41, 5.74) is -0.606. The number of hydrogen-bond acceptors (Lipinski definition) is 3. The Hall–Kier alpha value is -1.37. The molecule has 1 aromatic rings. The van der Waals surface area contributed by atoms with Crippen molar-refractivity contribution in [3.8, 4) is 6.07 Å². The number of hydrogen-bond donors (Lipinski definition) is 0. The minimum Gasteiger partial charge on any atom is -0.253 e. The van der Waals surface area contributed by atoms with Crippen LogP contribution in [0.15, 0.2) is 0 Å². The van der Waals surface area contributed by atoms with E-state index in [1.54, 1.807) is 4.68 Å². The standard InChI is InChI=1S/C10H16N4/c1-7(2)8-12-9(13-14(8)5)10(3,4)6-11/h7H,1-5H3. The van der Waals surface area contributed by atoms with E-state index < -0.39 is 5.41 Å². The molecule has 0 aliphatic heterocycles. The minimum absolute atomic E-state index is 0.329. The van der Waals surface area contributed by atoms with Gasteiger partial charge in [-0.25, -0.2) is 4.98 Å². The molecule has 0 N–H and O–H groups in total. The van der Waals surface area contributed by atoms with Crippen LogP contribution in [0.3, 0.4) is 0 Å². The maximum absolute atomic E-state index is 8.95. The fraction of sp³-hybridized carbons (Fsp3) is 0.700. The van der Waals surface area contributed by atoms with E-state index in [1.165, 1.54) is 0 Å². The lowest BCUT2D eigenvalue weighted by molar-refractivity contribution is 0.609. The highest BCUT2D eigenvalue weighted by atomic mass is 15.3. The Bertz CT molecular complexity index is 368. The third-order valence-corrected chi connectivity index (χ3v) is 2.15. The molecule has 76 valence electrons. The second-order valence-corrected chi connectivity index (χ2v) is 4.31. The largest absolute Gasteiger partial charge is 0.253 e. The molecule has 0 fully saturated rings. The molecule has 14 heavy (non-hydrogen) atoms. The number of aromatic nitrogens is 3. The van der Waals surface area contributed by atoms with Gasteiger partial charge in [-0.1, -0.05) is 13.8 Å². The van der Waals surface area contributed by atoms with Crippen LogP contribution in [0.1, 0.15) is 45.3 Å². The highest BCUT2D eigenvalue weighted by Gasteiger charge is 2.26. The molecule has 0 atom stereocenters. The van der Waals surface area contributed by atoms with Crippen molar-refractivity contribution < 1.29 is 0 Å². The van der Waals surface area contributed by atoms with E-state index >= 15 is 0 Å². The normalized spacial score (nSPS) is 11.8. The minimum atomic E-state index is -0.606. The van der Waals surface area contributed by atoms with E-state index in [4.69, 9.17) is 5.26 Å². The van der Waals surface area contributed by atoms with Crippen LogP contribution >= 0.6 is 0 Å². The summed E-state index contributed by atoms with van der Waals surface area (Å²) < 4.78 is 1.75. The highest BCUT2D eigenvalue weighted by Crippen LogP contribution is 2.20. The van der Waals surface area contributed by atoms with Crippen LogP contribution < -0.4 is 0 Å². The smallest absolute Gasteiger partial charge is 0.170 e. The summed E-state index contributed by atoms with van der Waals surface area (Å²) in [4.78, 5) is 4.38. The summed E-state index contributed by atoms with van der Waals surface area (Å²) >= 11 is 0. The number of nitrogens with zero attached hydrogens (tertiary/aromatic N) is 4. The van der Waals surface area contributed by atoms with Gasteiger partial charge >= 0.3 is 0 Å². The molecule has 0 aliphatic carbocycles. The molecule has 0 aromatic carbocycles. The van der Waals surface area contributed by atoms with Gasteiger partial charge in [0.15, 0.2) is 5.82 Å². The van der Waals surface area contributed by atoms with Crippen LogP contribution in [-0.4, -0.2) is 14.8 Å². The molecule has 0 bridgehead atoms. The SMILES string of the molecule is CC(C)c1nc(C(C)(C)C#N)nn1C. The molecule has 1 aromatic heterocycles. The van der Waals surface area contributed by atoms with Crippen molar-refractivity contribution in [1.82, 2.24) is 14.8 Å². The Labute approximate surface area is 84.6 Å². The lowest BCUT2D eigenvalue weighted by Gasteiger charge is -2.08. The summed E-state index contributed by atoms with van der Waals surface area (Å²) in [5.74, 6) is 1.85. The molecule has 0 unspecified atom stereocenters. The molecule has 1 heterocycles. The molecular formula is C10H16N4. The van der Waals surface area contributed by atoms with Crippen molar-refractivity contribution in [1.29, 1.82) is 5.26 Å². The molecule has 0 aliphatic rings. The first-order valence-electron chi connectivity index (χ1n) is 4.71. The third kappa shape index (κ3) is 1.77. The van der Waals surface area contributed by atoms with E-state index in [2.05, 4.69) is 30.0 Å². The van der Waals surface area contributed by atoms with Gasteiger partial charge < -0.3 is 0 Å². The summed E-state index contributed by atoms with van der Waals surface area (Å²) in [5, 5.41) is 13.2. The first kappa shape index (κ1) is 10.7. The summed E-state index contributed by atoms with van der Waals surface area (Å²) in [6, 6.07) is 2.20. The zero-order valence-corrected chi connectivity index (χ0v) is 9.37. The van der Waals surface area contributed by atoms with Gasteiger partial charge in [0.05, 0.1) is 6.07 Å². The fourth-order valence-electron chi connectivity index (χ4n) is 1.21. The third-order valence-electron chi connectivity index (χ3n) is 2.15. The van der Waals surface area contributed by atoms with Crippen LogP contribution in [0.5, 0.6) is 0 Å². The molecule has 0 amide bonds. The second kappa shape index (κ2) is 3.41. The summed E-state index contributed by atoms with van der Waals surface area (Å²) in [6.07, 6.45) is 0. The van der Waals surface area contributed by atoms with Gasteiger partial charge in [0.1, 0.15) is 11.2 Å².